The molecule has 1 aromatic rings. The zero-order valence-corrected chi connectivity index (χ0v) is 16.6. The molecule has 10 heteroatoms. The van der Waals surface area contributed by atoms with Gasteiger partial charge >= 0.3 is 12.0 Å². The molecule has 0 aromatic carbocycles. The van der Waals surface area contributed by atoms with E-state index >= 15 is 0 Å². The molecule has 2 heterocycles. The van der Waals surface area contributed by atoms with Crippen LogP contribution >= 0.6 is 23.1 Å². The van der Waals surface area contributed by atoms with E-state index in [1.165, 1.54) is 0 Å². The minimum atomic E-state index is -0.846. The molecule has 2 amide bonds. The topological polar surface area (TPSA) is 104 Å². The van der Waals surface area contributed by atoms with E-state index in [0.29, 0.717) is 13.2 Å². The molecule has 2 rings (SSSR count). The van der Waals surface area contributed by atoms with Gasteiger partial charge < -0.3 is 10.1 Å². The molecule has 2 atom stereocenters. The smallest absolute Gasteiger partial charge is 0.317 e. The van der Waals surface area contributed by atoms with Gasteiger partial charge in [0.05, 0.1) is 24.1 Å². The highest BCUT2D eigenvalue weighted by Gasteiger charge is 2.48. The molecular weight excluding hydrogens is 374 g/mol. The Labute approximate surface area is 161 Å². The molecular formula is C16H25N5O3S2. The maximum absolute atomic E-state index is 12.3. The molecule has 0 spiro atoms. The Morgan fingerprint density at radius 2 is 2.35 bits per heavy atom. The summed E-state index contributed by atoms with van der Waals surface area (Å²) in [4.78, 5) is 28.9. The normalized spacial score (nSPS) is 24.8. The highest BCUT2D eigenvalue weighted by atomic mass is 32.2. The van der Waals surface area contributed by atoms with Crippen LogP contribution in [0.1, 0.15) is 25.1 Å². The van der Waals surface area contributed by atoms with E-state index in [1.807, 2.05) is 6.20 Å². The van der Waals surface area contributed by atoms with Gasteiger partial charge in [-0.2, -0.15) is 0 Å². The number of thioether (sulfide) groups is 1. The number of ether oxygens (including phenoxy) is 1. The monoisotopic (exact) mass is 399 g/mol. The standard InChI is InChI=1S/C16H25N5O3S2/c1-4-7-19-16(20-14(23)18-8-6-13(22)24-5-2)21-15(3,10-26-16)12-9-17-11-25-12/h4,9,11,19,21H,1,5-8,10H2,2-3H3,(H2,18,20,23). The summed E-state index contributed by atoms with van der Waals surface area (Å²) in [5, 5.41) is 11.5. The van der Waals surface area contributed by atoms with Crippen molar-refractivity contribution in [2.24, 2.45) is 0 Å². The van der Waals surface area contributed by atoms with Crippen LogP contribution in [0.3, 0.4) is 0 Å². The Bertz CT molecular complexity index is 627. The first-order chi connectivity index (χ1) is 12.4. The highest BCUT2D eigenvalue weighted by molar-refractivity contribution is 8.00. The van der Waals surface area contributed by atoms with Crippen LogP contribution in [0, 0.1) is 0 Å². The molecule has 0 bridgehead atoms. The van der Waals surface area contributed by atoms with E-state index < -0.39 is 5.12 Å². The van der Waals surface area contributed by atoms with Gasteiger partial charge in [-0.25, -0.2) is 4.79 Å². The third kappa shape index (κ3) is 5.44. The van der Waals surface area contributed by atoms with Crippen molar-refractivity contribution in [2.75, 3.05) is 25.4 Å². The molecule has 1 aliphatic rings. The molecule has 8 nitrogen and oxygen atoms in total. The van der Waals surface area contributed by atoms with Crippen LogP contribution in [0.2, 0.25) is 0 Å². The fourth-order valence-electron chi connectivity index (χ4n) is 2.47. The number of carbonyl (C=O) groups excluding carboxylic acids is 2. The average molecular weight is 400 g/mol. The van der Waals surface area contributed by atoms with Gasteiger partial charge in [-0.1, -0.05) is 17.8 Å². The summed E-state index contributed by atoms with van der Waals surface area (Å²) in [6.45, 7) is 8.59. The summed E-state index contributed by atoms with van der Waals surface area (Å²) in [6, 6.07) is -0.376. The fourth-order valence-corrected chi connectivity index (χ4v) is 4.68. The summed E-state index contributed by atoms with van der Waals surface area (Å²) in [5.74, 6) is 0.418. The Morgan fingerprint density at radius 3 is 3.00 bits per heavy atom. The van der Waals surface area contributed by atoms with Crippen LogP contribution in [0.15, 0.2) is 24.4 Å². The SMILES string of the molecule is C=CCNC1(NC(=O)NCCC(=O)OCC)NC(C)(c2cncs2)CS1. The Morgan fingerprint density at radius 1 is 1.54 bits per heavy atom. The highest BCUT2D eigenvalue weighted by Crippen LogP contribution is 2.39. The summed E-state index contributed by atoms with van der Waals surface area (Å²) < 4.78 is 4.84. The summed E-state index contributed by atoms with van der Waals surface area (Å²) in [6.07, 6.45) is 3.70. The van der Waals surface area contributed by atoms with E-state index in [9.17, 15) is 9.59 Å². The molecule has 1 saturated heterocycles. The molecule has 0 radical (unpaired) electrons. The van der Waals surface area contributed by atoms with Gasteiger partial charge in [0.15, 0.2) is 5.12 Å². The number of hydrogen-bond donors (Lipinski definition) is 4. The van der Waals surface area contributed by atoms with Crippen molar-refractivity contribution in [1.82, 2.24) is 26.3 Å². The van der Waals surface area contributed by atoms with Crippen LogP contribution in [0.4, 0.5) is 4.79 Å². The second kappa shape index (κ2) is 9.36. The molecule has 144 valence electrons. The first kappa shape index (κ1) is 20.7. The van der Waals surface area contributed by atoms with Gasteiger partial charge in [-0.15, -0.1) is 17.9 Å². The second-order valence-electron chi connectivity index (χ2n) is 5.90. The lowest BCUT2D eigenvalue weighted by atomic mass is 10.0. The van der Waals surface area contributed by atoms with E-state index in [2.05, 4.69) is 39.8 Å². The molecule has 2 unspecified atom stereocenters. The number of amides is 2. The number of hydrogen-bond acceptors (Lipinski definition) is 8. The van der Waals surface area contributed by atoms with Crippen molar-refractivity contribution < 1.29 is 14.3 Å². The van der Waals surface area contributed by atoms with Gasteiger partial charge in [-0.3, -0.25) is 25.7 Å². The number of nitrogens with one attached hydrogen (secondary N) is 4. The van der Waals surface area contributed by atoms with Crippen LogP contribution in [-0.2, 0) is 15.1 Å². The van der Waals surface area contributed by atoms with E-state index in [0.717, 1.165) is 10.6 Å². The van der Waals surface area contributed by atoms with E-state index in [1.54, 1.807) is 41.6 Å². The average Bonchev–Trinajstić information content (AvgIpc) is 3.23. The molecule has 1 aromatic heterocycles. The second-order valence-corrected chi connectivity index (χ2v) is 7.97. The van der Waals surface area contributed by atoms with Crippen LogP contribution < -0.4 is 21.3 Å². The van der Waals surface area contributed by atoms with Crippen molar-refractivity contribution in [2.45, 2.75) is 30.9 Å². The summed E-state index contributed by atoms with van der Waals surface area (Å²) >= 11 is 3.13. The van der Waals surface area contributed by atoms with Crippen LogP contribution in [0.5, 0.6) is 0 Å². The number of thiazole rings is 1. The third-order valence-electron chi connectivity index (χ3n) is 3.71. The lowest BCUT2D eigenvalue weighted by molar-refractivity contribution is -0.142. The van der Waals surface area contributed by atoms with Crippen molar-refractivity contribution in [3.05, 3.63) is 29.2 Å². The fraction of sp³-hybridized carbons (Fsp3) is 0.562. The lowest BCUT2D eigenvalue weighted by Gasteiger charge is -2.33. The van der Waals surface area contributed by atoms with E-state index in [4.69, 9.17) is 4.74 Å². The molecule has 26 heavy (non-hydrogen) atoms. The summed E-state index contributed by atoms with van der Waals surface area (Å²) in [7, 11) is 0. The third-order valence-corrected chi connectivity index (χ3v) is 6.25. The number of rotatable bonds is 9. The van der Waals surface area contributed by atoms with Crippen molar-refractivity contribution >= 4 is 35.1 Å². The number of nitrogens with zero attached hydrogens (tertiary/aromatic N) is 1. The summed E-state index contributed by atoms with van der Waals surface area (Å²) in [5.41, 5.74) is 1.47. The Kier molecular flexibility index (Phi) is 7.44. The van der Waals surface area contributed by atoms with Gasteiger partial charge in [0.2, 0.25) is 0 Å². The molecule has 1 fully saturated rings. The zero-order chi connectivity index (χ0) is 19.0. The largest absolute Gasteiger partial charge is 0.466 e. The number of urea groups is 1. The van der Waals surface area contributed by atoms with E-state index in [-0.39, 0.29) is 30.5 Å². The Balaban J connectivity index is 1.96. The number of aromatic nitrogens is 1. The maximum Gasteiger partial charge on any atom is 0.317 e. The number of esters is 1. The molecule has 1 aliphatic heterocycles. The maximum atomic E-state index is 12.3. The lowest BCUT2D eigenvalue weighted by Crippen LogP contribution is -2.67. The number of carbonyl (C=O) groups is 2. The van der Waals surface area contributed by atoms with Gasteiger partial charge in [0.25, 0.3) is 0 Å². The first-order valence-corrected chi connectivity index (χ1v) is 10.2. The molecule has 0 saturated carbocycles. The minimum Gasteiger partial charge on any atom is -0.466 e. The van der Waals surface area contributed by atoms with Crippen LogP contribution in [-0.4, -0.2) is 47.6 Å². The van der Waals surface area contributed by atoms with Gasteiger partial charge in [0, 0.05) is 29.9 Å². The predicted molar refractivity (Wildman–Crippen MR) is 104 cm³/mol. The Hall–Kier alpha value is -1.62. The zero-order valence-electron chi connectivity index (χ0n) is 15.0. The van der Waals surface area contributed by atoms with Crippen molar-refractivity contribution in [3.63, 3.8) is 0 Å². The molecule has 4 N–H and O–H groups in total. The minimum absolute atomic E-state index is 0.132. The van der Waals surface area contributed by atoms with Crippen molar-refractivity contribution in [3.8, 4) is 0 Å². The first-order valence-electron chi connectivity index (χ1n) is 8.33. The van der Waals surface area contributed by atoms with Gasteiger partial charge in [-0.05, 0) is 13.8 Å². The quantitative estimate of drug-likeness (QED) is 0.282. The van der Waals surface area contributed by atoms with Gasteiger partial charge in [0.1, 0.15) is 0 Å². The predicted octanol–water partition coefficient (Wildman–Crippen LogP) is 1.33. The van der Waals surface area contributed by atoms with Crippen molar-refractivity contribution in [1.29, 1.82) is 0 Å². The van der Waals surface area contributed by atoms with Crippen LogP contribution in [0.25, 0.3) is 0 Å². The molecule has 0 aliphatic carbocycles.